The minimum atomic E-state index is -0.789. The molecule has 0 fully saturated rings. The SMILES string of the molecule is CCC(C)(C(N)=O)n1cc(N)c(C)n1. The summed E-state index contributed by atoms with van der Waals surface area (Å²) >= 11 is 0. The van der Waals surface area contributed by atoms with E-state index in [0.717, 1.165) is 0 Å². The standard InChI is InChI=1S/C9H16N4O/c1-4-9(3,8(11)14)13-5-7(10)6(2)12-13/h5H,4,10H2,1-3H3,(H2,11,14). The normalized spacial score (nSPS) is 15.1. The molecule has 5 nitrogen and oxygen atoms in total. The largest absolute Gasteiger partial charge is 0.396 e. The zero-order valence-electron chi connectivity index (χ0n) is 8.74. The number of aryl methyl sites for hydroxylation is 1. The van der Waals surface area contributed by atoms with Gasteiger partial charge in [-0.05, 0) is 20.3 Å². The highest BCUT2D eigenvalue weighted by Gasteiger charge is 2.32. The van der Waals surface area contributed by atoms with Gasteiger partial charge in [-0.2, -0.15) is 5.10 Å². The highest BCUT2D eigenvalue weighted by Crippen LogP contribution is 2.21. The maximum atomic E-state index is 11.3. The molecule has 1 aromatic rings. The lowest BCUT2D eigenvalue weighted by atomic mass is 9.99. The Morgan fingerprint density at radius 2 is 2.29 bits per heavy atom. The Labute approximate surface area is 83.1 Å². The van der Waals surface area contributed by atoms with Crippen molar-refractivity contribution >= 4 is 11.6 Å². The molecule has 5 heteroatoms. The van der Waals surface area contributed by atoms with E-state index in [1.807, 2.05) is 6.92 Å². The van der Waals surface area contributed by atoms with E-state index in [0.29, 0.717) is 17.8 Å². The number of hydrogen-bond acceptors (Lipinski definition) is 3. The molecule has 0 aromatic carbocycles. The first-order valence-electron chi connectivity index (χ1n) is 4.54. The lowest BCUT2D eigenvalue weighted by molar-refractivity contribution is -0.126. The van der Waals surface area contributed by atoms with Crippen molar-refractivity contribution in [3.05, 3.63) is 11.9 Å². The minimum absolute atomic E-state index is 0.400. The Bertz CT molecular complexity index is 338. The number of nitrogens with zero attached hydrogens (tertiary/aromatic N) is 2. The first-order valence-corrected chi connectivity index (χ1v) is 4.54. The summed E-state index contributed by atoms with van der Waals surface area (Å²) < 4.78 is 1.54. The van der Waals surface area contributed by atoms with Gasteiger partial charge in [-0.1, -0.05) is 6.92 Å². The Kier molecular flexibility index (Phi) is 2.51. The van der Waals surface area contributed by atoms with Crippen LogP contribution in [0.15, 0.2) is 6.20 Å². The van der Waals surface area contributed by atoms with Gasteiger partial charge in [-0.3, -0.25) is 9.48 Å². The van der Waals surface area contributed by atoms with Crippen LogP contribution in [0.2, 0.25) is 0 Å². The highest BCUT2D eigenvalue weighted by molar-refractivity contribution is 5.82. The molecule has 1 atom stereocenters. The van der Waals surface area contributed by atoms with Crippen molar-refractivity contribution in [3.8, 4) is 0 Å². The van der Waals surface area contributed by atoms with Crippen LogP contribution in [-0.4, -0.2) is 15.7 Å². The second kappa shape index (κ2) is 3.32. The van der Waals surface area contributed by atoms with E-state index in [4.69, 9.17) is 11.5 Å². The molecule has 1 rings (SSSR count). The van der Waals surface area contributed by atoms with Gasteiger partial charge < -0.3 is 11.5 Å². The Balaban J connectivity index is 3.19. The average Bonchev–Trinajstić information content (AvgIpc) is 2.45. The van der Waals surface area contributed by atoms with Gasteiger partial charge in [0, 0.05) is 6.20 Å². The molecule has 0 bridgehead atoms. The summed E-state index contributed by atoms with van der Waals surface area (Å²) in [7, 11) is 0. The highest BCUT2D eigenvalue weighted by atomic mass is 16.1. The molecule has 0 aliphatic carbocycles. The van der Waals surface area contributed by atoms with Gasteiger partial charge in [0.2, 0.25) is 5.91 Å². The molecule has 1 amide bonds. The van der Waals surface area contributed by atoms with Crippen molar-refractivity contribution < 1.29 is 4.79 Å². The number of nitrogens with two attached hydrogens (primary N) is 2. The number of primary amides is 1. The molecule has 0 saturated carbocycles. The van der Waals surface area contributed by atoms with E-state index >= 15 is 0 Å². The second-order valence-corrected chi connectivity index (χ2v) is 3.61. The summed E-state index contributed by atoms with van der Waals surface area (Å²) in [5.74, 6) is -0.400. The summed E-state index contributed by atoms with van der Waals surface area (Å²) in [4.78, 5) is 11.3. The predicted octanol–water partition coefficient (Wildman–Crippen LogP) is 0.384. The van der Waals surface area contributed by atoms with Gasteiger partial charge in [0.25, 0.3) is 0 Å². The second-order valence-electron chi connectivity index (χ2n) is 3.61. The number of nitrogen functional groups attached to an aromatic ring is 1. The predicted molar refractivity (Wildman–Crippen MR) is 54.5 cm³/mol. The van der Waals surface area contributed by atoms with E-state index in [-0.39, 0.29) is 0 Å². The first-order chi connectivity index (χ1) is 6.41. The molecule has 1 heterocycles. The van der Waals surface area contributed by atoms with Gasteiger partial charge in [-0.15, -0.1) is 0 Å². The smallest absolute Gasteiger partial charge is 0.245 e. The van der Waals surface area contributed by atoms with Crippen LogP contribution >= 0.6 is 0 Å². The zero-order chi connectivity index (χ0) is 10.9. The average molecular weight is 196 g/mol. The van der Waals surface area contributed by atoms with Crippen LogP contribution in [0.4, 0.5) is 5.69 Å². The van der Waals surface area contributed by atoms with E-state index in [9.17, 15) is 4.79 Å². The van der Waals surface area contributed by atoms with Gasteiger partial charge in [-0.25, -0.2) is 0 Å². The number of amides is 1. The van der Waals surface area contributed by atoms with Crippen molar-refractivity contribution in [2.45, 2.75) is 32.7 Å². The number of aromatic nitrogens is 2. The van der Waals surface area contributed by atoms with Crippen LogP contribution in [-0.2, 0) is 10.3 Å². The van der Waals surface area contributed by atoms with Gasteiger partial charge in [0.1, 0.15) is 5.54 Å². The van der Waals surface area contributed by atoms with Crippen molar-refractivity contribution in [2.24, 2.45) is 5.73 Å². The minimum Gasteiger partial charge on any atom is -0.396 e. The van der Waals surface area contributed by atoms with E-state index in [2.05, 4.69) is 5.10 Å². The topological polar surface area (TPSA) is 86.9 Å². The molecule has 78 valence electrons. The fraction of sp³-hybridized carbons (Fsp3) is 0.556. The van der Waals surface area contributed by atoms with E-state index in [1.54, 1.807) is 24.7 Å². The third-order valence-corrected chi connectivity index (χ3v) is 2.66. The molecule has 0 saturated heterocycles. The lowest BCUT2D eigenvalue weighted by Gasteiger charge is -2.24. The molecule has 0 aliphatic heterocycles. The lowest BCUT2D eigenvalue weighted by Crippen LogP contribution is -2.43. The van der Waals surface area contributed by atoms with Gasteiger partial charge in [0.05, 0.1) is 11.4 Å². The fourth-order valence-corrected chi connectivity index (χ4v) is 1.18. The van der Waals surface area contributed by atoms with E-state index < -0.39 is 11.4 Å². The maximum absolute atomic E-state index is 11.3. The van der Waals surface area contributed by atoms with Gasteiger partial charge >= 0.3 is 0 Å². The number of anilines is 1. The summed E-state index contributed by atoms with van der Waals surface area (Å²) in [6, 6.07) is 0. The van der Waals surface area contributed by atoms with Crippen LogP contribution < -0.4 is 11.5 Å². The molecule has 0 radical (unpaired) electrons. The Hall–Kier alpha value is -1.52. The number of hydrogen-bond donors (Lipinski definition) is 2. The van der Waals surface area contributed by atoms with Crippen molar-refractivity contribution in [3.63, 3.8) is 0 Å². The van der Waals surface area contributed by atoms with Crippen LogP contribution in [0, 0.1) is 6.92 Å². The summed E-state index contributed by atoms with van der Waals surface area (Å²) in [5.41, 5.74) is 11.5. The zero-order valence-corrected chi connectivity index (χ0v) is 8.74. The Morgan fingerprint density at radius 1 is 1.71 bits per heavy atom. The monoisotopic (exact) mass is 196 g/mol. The van der Waals surface area contributed by atoms with Gasteiger partial charge in [0.15, 0.2) is 0 Å². The van der Waals surface area contributed by atoms with Crippen LogP contribution in [0.3, 0.4) is 0 Å². The molecule has 0 aliphatic rings. The number of rotatable bonds is 3. The molecule has 4 N–H and O–H groups in total. The van der Waals surface area contributed by atoms with Crippen LogP contribution in [0.5, 0.6) is 0 Å². The molecular formula is C9H16N4O. The summed E-state index contributed by atoms with van der Waals surface area (Å²) in [6.07, 6.45) is 2.23. The van der Waals surface area contributed by atoms with E-state index in [1.165, 1.54) is 0 Å². The third kappa shape index (κ3) is 1.45. The van der Waals surface area contributed by atoms with Crippen LogP contribution in [0.25, 0.3) is 0 Å². The number of carbonyl (C=O) groups excluding carboxylic acids is 1. The Morgan fingerprint density at radius 3 is 2.57 bits per heavy atom. The molecule has 1 unspecified atom stereocenters. The third-order valence-electron chi connectivity index (χ3n) is 2.66. The maximum Gasteiger partial charge on any atom is 0.245 e. The summed E-state index contributed by atoms with van der Waals surface area (Å²) in [5, 5.41) is 4.17. The van der Waals surface area contributed by atoms with Crippen LogP contribution in [0.1, 0.15) is 26.0 Å². The fourth-order valence-electron chi connectivity index (χ4n) is 1.18. The number of carbonyl (C=O) groups is 1. The van der Waals surface area contributed by atoms with Crippen molar-refractivity contribution in [1.82, 2.24) is 9.78 Å². The molecule has 14 heavy (non-hydrogen) atoms. The van der Waals surface area contributed by atoms with Crippen molar-refractivity contribution in [2.75, 3.05) is 5.73 Å². The van der Waals surface area contributed by atoms with Crippen molar-refractivity contribution in [1.29, 1.82) is 0 Å². The first kappa shape index (κ1) is 10.6. The molecule has 1 aromatic heterocycles. The molecule has 0 spiro atoms. The summed E-state index contributed by atoms with van der Waals surface area (Å²) in [6.45, 7) is 5.43. The molecular weight excluding hydrogens is 180 g/mol. The quantitative estimate of drug-likeness (QED) is 0.732.